The zero-order valence-corrected chi connectivity index (χ0v) is 14.6. The van der Waals surface area contributed by atoms with Crippen molar-refractivity contribution in [2.45, 2.75) is 20.8 Å². The van der Waals surface area contributed by atoms with Crippen molar-refractivity contribution in [1.82, 2.24) is 9.80 Å². The Morgan fingerprint density at radius 2 is 1.64 bits per heavy atom. The second kappa shape index (κ2) is 6.36. The quantitative estimate of drug-likeness (QED) is 0.762. The normalized spacial score (nSPS) is 15.9. The molecule has 0 aromatic heterocycles. The van der Waals surface area contributed by atoms with Crippen LogP contribution in [0.25, 0.3) is 0 Å². The molecule has 6 heteroatoms. The fourth-order valence-corrected chi connectivity index (χ4v) is 2.83. The standard InChI is InChI=1S/C16H20BrFN2O2/c1-16(2,3)15(22)20-8-6-19(7-9-20)14(21)12-10-11(18)4-5-13(12)17/h4-5,10H,6-9H2,1-3H3. The third-order valence-electron chi connectivity index (χ3n) is 3.65. The highest BCUT2D eigenvalue weighted by atomic mass is 79.9. The molecule has 1 aromatic carbocycles. The Balaban J connectivity index is 2.04. The van der Waals surface area contributed by atoms with Crippen LogP contribution in [0.15, 0.2) is 22.7 Å². The molecular formula is C16H20BrFN2O2. The Bertz CT molecular complexity index is 590. The number of carbonyl (C=O) groups excluding carboxylic acids is 2. The Labute approximate surface area is 138 Å². The van der Waals surface area contributed by atoms with Gasteiger partial charge in [0.2, 0.25) is 5.91 Å². The van der Waals surface area contributed by atoms with Gasteiger partial charge in [-0.15, -0.1) is 0 Å². The maximum Gasteiger partial charge on any atom is 0.255 e. The Morgan fingerprint density at radius 3 is 2.18 bits per heavy atom. The van der Waals surface area contributed by atoms with Crippen molar-refractivity contribution in [2.24, 2.45) is 5.41 Å². The molecule has 1 aliphatic rings. The van der Waals surface area contributed by atoms with Crippen LogP contribution in [0.4, 0.5) is 4.39 Å². The maximum absolute atomic E-state index is 13.3. The molecule has 0 spiro atoms. The van der Waals surface area contributed by atoms with E-state index in [4.69, 9.17) is 0 Å². The first kappa shape index (κ1) is 16.9. The molecule has 1 fully saturated rings. The van der Waals surface area contributed by atoms with Gasteiger partial charge < -0.3 is 9.80 Å². The molecule has 1 aromatic rings. The zero-order chi connectivity index (χ0) is 16.5. The molecule has 120 valence electrons. The summed E-state index contributed by atoms with van der Waals surface area (Å²) in [5.41, 5.74) is -0.104. The predicted molar refractivity (Wildman–Crippen MR) is 86.0 cm³/mol. The molecule has 0 aliphatic carbocycles. The Morgan fingerprint density at radius 1 is 1.09 bits per heavy atom. The summed E-state index contributed by atoms with van der Waals surface area (Å²) >= 11 is 3.28. The summed E-state index contributed by atoms with van der Waals surface area (Å²) in [6, 6.07) is 4.07. The number of hydrogen-bond acceptors (Lipinski definition) is 2. The van der Waals surface area contributed by atoms with E-state index in [9.17, 15) is 14.0 Å². The molecule has 0 atom stereocenters. The molecular weight excluding hydrogens is 351 g/mol. The highest BCUT2D eigenvalue weighted by Crippen LogP contribution is 2.22. The molecule has 0 bridgehead atoms. The van der Waals surface area contributed by atoms with E-state index in [0.29, 0.717) is 36.2 Å². The minimum atomic E-state index is -0.437. The van der Waals surface area contributed by atoms with Crippen LogP contribution in [-0.4, -0.2) is 47.8 Å². The molecule has 0 saturated carbocycles. The highest BCUT2D eigenvalue weighted by Gasteiger charge is 2.31. The first-order chi connectivity index (χ1) is 10.2. The molecule has 2 rings (SSSR count). The molecule has 22 heavy (non-hydrogen) atoms. The van der Waals surface area contributed by atoms with Crippen molar-refractivity contribution < 1.29 is 14.0 Å². The summed E-state index contributed by atoms with van der Waals surface area (Å²) in [6.45, 7) is 7.60. The molecule has 1 aliphatic heterocycles. The number of carbonyl (C=O) groups is 2. The number of rotatable bonds is 1. The van der Waals surface area contributed by atoms with Gasteiger partial charge in [0, 0.05) is 36.1 Å². The van der Waals surface area contributed by atoms with Gasteiger partial charge >= 0.3 is 0 Å². The van der Waals surface area contributed by atoms with Crippen molar-refractivity contribution in [3.05, 3.63) is 34.1 Å². The van der Waals surface area contributed by atoms with Crippen LogP contribution in [0.1, 0.15) is 31.1 Å². The average molecular weight is 371 g/mol. The zero-order valence-electron chi connectivity index (χ0n) is 13.0. The van der Waals surface area contributed by atoms with Gasteiger partial charge in [-0.05, 0) is 34.1 Å². The van der Waals surface area contributed by atoms with Crippen molar-refractivity contribution in [2.75, 3.05) is 26.2 Å². The molecule has 2 amide bonds. The monoisotopic (exact) mass is 370 g/mol. The Hall–Kier alpha value is -1.43. The van der Waals surface area contributed by atoms with E-state index in [0.717, 1.165) is 0 Å². The topological polar surface area (TPSA) is 40.6 Å². The average Bonchev–Trinajstić information content (AvgIpc) is 2.47. The Kier molecular flexibility index (Phi) is 4.90. The number of benzene rings is 1. The van der Waals surface area contributed by atoms with Gasteiger partial charge in [-0.2, -0.15) is 0 Å². The van der Waals surface area contributed by atoms with Gasteiger partial charge in [0.15, 0.2) is 0 Å². The second-order valence-electron chi connectivity index (χ2n) is 6.46. The lowest BCUT2D eigenvalue weighted by Crippen LogP contribution is -2.53. The molecule has 1 saturated heterocycles. The van der Waals surface area contributed by atoms with Gasteiger partial charge in [0.1, 0.15) is 5.82 Å². The van der Waals surface area contributed by atoms with Crippen LogP contribution in [-0.2, 0) is 4.79 Å². The summed E-state index contributed by atoms with van der Waals surface area (Å²) in [5.74, 6) is -0.561. The minimum absolute atomic E-state index is 0.0894. The lowest BCUT2D eigenvalue weighted by atomic mass is 9.94. The van der Waals surface area contributed by atoms with E-state index >= 15 is 0 Å². The second-order valence-corrected chi connectivity index (χ2v) is 7.31. The van der Waals surface area contributed by atoms with Crippen molar-refractivity contribution in [3.63, 3.8) is 0 Å². The number of hydrogen-bond donors (Lipinski definition) is 0. The van der Waals surface area contributed by atoms with Crippen molar-refractivity contribution >= 4 is 27.7 Å². The van der Waals surface area contributed by atoms with Crippen LogP contribution in [0.5, 0.6) is 0 Å². The molecule has 1 heterocycles. The third kappa shape index (κ3) is 3.66. The first-order valence-electron chi connectivity index (χ1n) is 7.24. The van der Waals surface area contributed by atoms with Crippen molar-refractivity contribution in [3.8, 4) is 0 Å². The van der Waals surface area contributed by atoms with Crippen molar-refractivity contribution in [1.29, 1.82) is 0 Å². The van der Waals surface area contributed by atoms with Gasteiger partial charge in [0.05, 0.1) is 5.56 Å². The fraction of sp³-hybridized carbons (Fsp3) is 0.500. The largest absolute Gasteiger partial charge is 0.339 e. The maximum atomic E-state index is 13.3. The lowest BCUT2D eigenvalue weighted by Gasteiger charge is -2.37. The number of amides is 2. The van der Waals surface area contributed by atoms with Crippen LogP contribution in [0, 0.1) is 11.2 Å². The molecule has 0 radical (unpaired) electrons. The van der Waals surface area contributed by atoms with E-state index in [-0.39, 0.29) is 11.8 Å². The fourth-order valence-electron chi connectivity index (χ4n) is 2.42. The van der Waals surface area contributed by atoms with Gasteiger partial charge in [0.25, 0.3) is 5.91 Å². The SMILES string of the molecule is CC(C)(C)C(=O)N1CCN(C(=O)c2cc(F)ccc2Br)CC1. The van der Waals surface area contributed by atoms with Crippen LogP contribution in [0.2, 0.25) is 0 Å². The smallest absolute Gasteiger partial charge is 0.255 e. The third-order valence-corrected chi connectivity index (χ3v) is 4.35. The summed E-state index contributed by atoms with van der Waals surface area (Å²) < 4.78 is 13.9. The lowest BCUT2D eigenvalue weighted by molar-refractivity contribution is -0.140. The predicted octanol–water partition coefficient (Wildman–Crippen LogP) is 2.92. The summed E-state index contributed by atoms with van der Waals surface area (Å²) in [4.78, 5) is 28.1. The summed E-state index contributed by atoms with van der Waals surface area (Å²) in [7, 11) is 0. The van der Waals surface area contributed by atoms with Gasteiger partial charge in [-0.25, -0.2) is 4.39 Å². The number of piperazine rings is 1. The summed E-state index contributed by atoms with van der Waals surface area (Å²) in [6.07, 6.45) is 0. The van der Waals surface area contributed by atoms with E-state index in [1.807, 2.05) is 20.8 Å². The van der Waals surface area contributed by atoms with Gasteiger partial charge in [-0.1, -0.05) is 20.8 Å². The number of halogens is 2. The van der Waals surface area contributed by atoms with Crippen LogP contribution >= 0.6 is 15.9 Å². The molecule has 0 N–H and O–H groups in total. The summed E-state index contributed by atoms with van der Waals surface area (Å²) in [5, 5.41) is 0. The molecule has 0 unspecified atom stereocenters. The van der Waals surface area contributed by atoms with E-state index in [2.05, 4.69) is 15.9 Å². The van der Waals surface area contributed by atoms with E-state index in [1.165, 1.54) is 18.2 Å². The first-order valence-corrected chi connectivity index (χ1v) is 8.03. The van der Waals surface area contributed by atoms with E-state index < -0.39 is 11.2 Å². The molecule has 4 nitrogen and oxygen atoms in total. The van der Waals surface area contributed by atoms with Crippen LogP contribution < -0.4 is 0 Å². The number of nitrogens with zero attached hydrogens (tertiary/aromatic N) is 2. The minimum Gasteiger partial charge on any atom is -0.339 e. The highest BCUT2D eigenvalue weighted by molar-refractivity contribution is 9.10. The van der Waals surface area contributed by atoms with Gasteiger partial charge in [-0.3, -0.25) is 9.59 Å². The van der Waals surface area contributed by atoms with E-state index in [1.54, 1.807) is 9.80 Å². The van der Waals surface area contributed by atoms with Crippen LogP contribution in [0.3, 0.4) is 0 Å².